The molecule has 0 saturated carbocycles. The minimum atomic E-state index is -0.522. The lowest BCUT2D eigenvalue weighted by Gasteiger charge is -2.12. The van der Waals surface area contributed by atoms with E-state index < -0.39 is 6.10 Å². The van der Waals surface area contributed by atoms with Crippen molar-refractivity contribution in [3.05, 3.63) is 22.6 Å². The molecular formula is C9H14BrNO2. The summed E-state index contributed by atoms with van der Waals surface area (Å²) in [5.74, 6) is 0.613. The van der Waals surface area contributed by atoms with Crippen molar-refractivity contribution in [2.45, 2.75) is 12.5 Å². The van der Waals surface area contributed by atoms with Crippen LogP contribution in [0.15, 0.2) is 21.2 Å². The van der Waals surface area contributed by atoms with Crippen molar-refractivity contribution in [3.8, 4) is 0 Å². The van der Waals surface area contributed by atoms with Crippen molar-refractivity contribution < 1.29 is 9.52 Å². The zero-order valence-electron chi connectivity index (χ0n) is 7.83. The van der Waals surface area contributed by atoms with Gasteiger partial charge in [-0.15, -0.1) is 0 Å². The van der Waals surface area contributed by atoms with E-state index in [4.69, 9.17) is 4.42 Å². The normalized spacial score (nSPS) is 13.6. The van der Waals surface area contributed by atoms with E-state index in [0.29, 0.717) is 12.2 Å². The third-order valence-electron chi connectivity index (χ3n) is 1.80. The van der Waals surface area contributed by atoms with Crippen LogP contribution in [-0.4, -0.2) is 30.6 Å². The van der Waals surface area contributed by atoms with E-state index >= 15 is 0 Å². The summed E-state index contributed by atoms with van der Waals surface area (Å²) in [4.78, 5) is 2.03. The molecule has 4 heteroatoms. The van der Waals surface area contributed by atoms with Gasteiger partial charge in [0.15, 0.2) is 0 Å². The maximum absolute atomic E-state index is 9.69. The second kappa shape index (κ2) is 4.79. The van der Waals surface area contributed by atoms with Crippen molar-refractivity contribution >= 4 is 15.9 Å². The number of hydrogen-bond acceptors (Lipinski definition) is 3. The number of nitrogens with zero attached hydrogens (tertiary/aromatic N) is 1. The minimum Gasteiger partial charge on any atom is -0.465 e. The van der Waals surface area contributed by atoms with Gasteiger partial charge in [0, 0.05) is 6.54 Å². The van der Waals surface area contributed by atoms with Crippen LogP contribution >= 0.6 is 15.9 Å². The van der Waals surface area contributed by atoms with Gasteiger partial charge in [-0.05, 0) is 42.5 Å². The summed E-state index contributed by atoms with van der Waals surface area (Å²) in [5.41, 5.74) is 0. The van der Waals surface area contributed by atoms with E-state index in [-0.39, 0.29) is 0 Å². The number of halogens is 1. The summed E-state index contributed by atoms with van der Waals surface area (Å²) < 4.78 is 5.98. The van der Waals surface area contributed by atoms with Crippen LogP contribution in [0.25, 0.3) is 0 Å². The Hall–Kier alpha value is -0.320. The van der Waals surface area contributed by atoms with Crippen LogP contribution < -0.4 is 0 Å². The lowest BCUT2D eigenvalue weighted by molar-refractivity contribution is 0.128. The summed E-state index contributed by atoms with van der Waals surface area (Å²) >= 11 is 3.31. The predicted molar refractivity (Wildman–Crippen MR) is 54.5 cm³/mol. The van der Waals surface area contributed by atoms with Crippen LogP contribution in [0.4, 0.5) is 0 Å². The first-order chi connectivity index (χ1) is 6.11. The Kier molecular flexibility index (Phi) is 3.96. The monoisotopic (exact) mass is 247 g/mol. The summed E-state index contributed by atoms with van der Waals surface area (Å²) in [6, 6.07) is 1.79. The number of aliphatic hydroxyl groups excluding tert-OH is 1. The van der Waals surface area contributed by atoms with Crippen molar-refractivity contribution in [2.24, 2.45) is 0 Å². The zero-order valence-corrected chi connectivity index (χ0v) is 9.41. The first-order valence-electron chi connectivity index (χ1n) is 4.17. The lowest BCUT2D eigenvalue weighted by Crippen LogP contribution is -2.15. The topological polar surface area (TPSA) is 36.6 Å². The highest BCUT2D eigenvalue weighted by Crippen LogP contribution is 2.26. The van der Waals surface area contributed by atoms with E-state index in [2.05, 4.69) is 15.9 Å². The highest BCUT2D eigenvalue weighted by atomic mass is 79.9. The Bertz CT molecular complexity index is 260. The molecule has 1 heterocycles. The SMILES string of the molecule is CN(C)CCC(O)c1occc1Br. The zero-order chi connectivity index (χ0) is 9.84. The fraction of sp³-hybridized carbons (Fsp3) is 0.556. The van der Waals surface area contributed by atoms with E-state index in [1.807, 2.05) is 19.0 Å². The van der Waals surface area contributed by atoms with Gasteiger partial charge >= 0.3 is 0 Å². The number of furan rings is 1. The Morgan fingerprint density at radius 3 is 2.77 bits per heavy atom. The summed E-state index contributed by atoms with van der Waals surface area (Å²) in [7, 11) is 3.95. The van der Waals surface area contributed by atoms with Gasteiger partial charge in [0.2, 0.25) is 0 Å². The molecule has 3 nitrogen and oxygen atoms in total. The van der Waals surface area contributed by atoms with Crippen LogP contribution in [0.3, 0.4) is 0 Å². The molecule has 1 N–H and O–H groups in total. The number of rotatable bonds is 4. The molecule has 0 amide bonds. The van der Waals surface area contributed by atoms with Gasteiger partial charge in [0.05, 0.1) is 10.7 Å². The van der Waals surface area contributed by atoms with E-state index in [9.17, 15) is 5.11 Å². The van der Waals surface area contributed by atoms with E-state index in [1.165, 1.54) is 0 Å². The van der Waals surface area contributed by atoms with Crippen LogP contribution in [0, 0.1) is 0 Å². The average Bonchev–Trinajstić information content (AvgIpc) is 2.47. The molecule has 0 aromatic carbocycles. The molecule has 0 aliphatic rings. The lowest BCUT2D eigenvalue weighted by atomic mass is 10.2. The highest BCUT2D eigenvalue weighted by molar-refractivity contribution is 9.10. The first-order valence-corrected chi connectivity index (χ1v) is 4.96. The van der Waals surface area contributed by atoms with Crippen molar-refractivity contribution in [3.63, 3.8) is 0 Å². The van der Waals surface area contributed by atoms with E-state index in [0.717, 1.165) is 11.0 Å². The Morgan fingerprint density at radius 1 is 1.62 bits per heavy atom. The Morgan fingerprint density at radius 2 is 2.31 bits per heavy atom. The van der Waals surface area contributed by atoms with Gasteiger partial charge in [0.25, 0.3) is 0 Å². The molecule has 1 unspecified atom stereocenters. The fourth-order valence-electron chi connectivity index (χ4n) is 1.05. The Balaban J connectivity index is 2.49. The van der Waals surface area contributed by atoms with Crippen LogP contribution in [-0.2, 0) is 0 Å². The summed E-state index contributed by atoms with van der Waals surface area (Å²) in [6.07, 6.45) is 1.73. The highest BCUT2D eigenvalue weighted by Gasteiger charge is 2.14. The van der Waals surface area contributed by atoms with Gasteiger partial charge in [-0.25, -0.2) is 0 Å². The quantitative estimate of drug-likeness (QED) is 0.885. The minimum absolute atomic E-state index is 0.522. The molecule has 0 saturated heterocycles. The standard InChI is InChI=1S/C9H14BrNO2/c1-11(2)5-3-8(12)9-7(10)4-6-13-9/h4,6,8,12H,3,5H2,1-2H3. The molecule has 74 valence electrons. The molecule has 0 spiro atoms. The average molecular weight is 248 g/mol. The molecule has 1 aromatic rings. The van der Waals surface area contributed by atoms with Gasteiger partial charge in [0.1, 0.15) is 11.9 Å². The molecular weight excluding hydrogens is 234 g/mol. The van der Waals surface area contributed by atoms with Gasteiger partial charge in [-0.1, -0.05) is 0 Å². The van der Waals surface area contributed by atoms with Crippen LogP contribution in [0.5, 0.6) is 0 Å². The van der Waals surface area contributed by atoms with Crippen LogP contribution in [0.1, 0.15) is 18.3 Å². The number of hydrogen-bond donors (Lipinski definition) is 1. The molecule has 0 bridgehead atoms. The first kappa shape index (κ1) is 10.8. The molecule has 0 aliphatic heterocycles. The smallest absolute Gasteiger partial charge is 0.146 e. The van der Waals surface area contributed by atoms with Gasteiger partial charge in [-0.2, -0.15) is 0 Å². The van der Waals surface area contributed by atoms with E-state index in [1.54, 1.807) is 12.3 Å². The molecule has 13 heavy (non-hydrogen) atoms. The third kappa shape index (κ3) is 3.14. The summed E-state index contributed by atoms with van der Waals surface area (Å²) in [5, 5.41) is 9.69. The van der Waals surface area contributed by atoms with Gasteiger partial charge < -0.3 is 14.4 Å². The third-order valence-corrected chi connectivity index (χ3v) is 2.45. The molecule has 1 aromatic heterocycles. The van der Waals surface area contributed by atoms with Crippen molar-refractivity contribution in [2.75, 3.05) is 20.6 Å². The molecule has 1 rings (SSSR count). The molecule has 0 aliphatic carbocycles. The van der Waals surface area contributed by atoms with Crippen molar-refractivity contribution in [1.29, 1.82) is 0 Å². The maximum atomic E-state index is 9.69. The largest absolute Gasteiger partial charge is 0.465 e. The second-order valence-corrected chi connectivity index (χ2v) is 4.09. The Labute approximate surface area is 86.5 Å². The van der Waals surface area contributed by atoms with Gasteiger partial charge in [-0.3, -0.25) is 0 Å². The molecule has 1 atom stereocenters. The molecule has 0 fully saturated rings. The number of aliphatic hydroxyl groups is 1. The molecule has 0 radical (unpaired) electrons. The van der Waals surface area contributed by atoms with Crippen LogP contribution in [0.2, 0.25) is 0 Å². The maximum Gasteiger partial charge on any atom is 0.146 e. The summed E-state index contributed by atoms with van der Waals surface area (Å²) in [6.45, 7) is 0.842. The second-order valence-electron chi connectivity index (χ2n) is 3.24. The fourth-order valence-corrected chi connectivity index (χ4v) is 1.52. The predicted octanol–water partition coefficient (Wildman–Crippen LogP) is 2.03. The van der Waals surface area contributed by atoms with Crippen molar-refractivity contribution in [1.82, 2.24) is 4.90 Å².